The van der Waals surface area contributed by atoms with E-state index in [1.807, 2.05) is 0 Å². The maximum Gasteiger partial charge on any atom is 0.280 e. The van der Waals surface area contributed by atoms with Crippen molar-refractivity contribution in [1.29, 1.82) is 0 Å². The predicted molar refractivity (Wildman–Crippen MR) is 58.7 cm³/mol. The van der Waals surface area contributed by atoms with Crippen molar-refractivity contribution in [3.63, 3.8) is 0 Å². The van der Waals surface area contributed by atoms with E-state index in [0.717, 1.165) is 19.3 Å². The average molecular weight is 212 g/mol. The SMILES string of the molecule is CCc1cnc(C(=O)NC2CCC2)s1.[HH]. The molecule has 0 aliphatic heterocycles. The summed E-state index contributed by atoms with van der Waals surface area (Å²) >= 11 is 1.49. The van der Waals surface area contributed by atoms with Crippen molar-refractivity contribution >= 4 is 17.2 Å². The van der Waals surface area contributed by atoms with Crippen LogP contribution in [0.25, 0.3) is 0 Å². The van der Waals surface area contributed by atoms with Crippen molar-refractivity contribution in [2.75, 3.05) is 0 Å². The number of nitrogens with one attached hydrogen (secondary N) is 1. The third-order valence-corrected chi connectivity index (χ3v) is 3.68. The zero-order valence-corrected chi connectivity index (χ0v) is 9.06. The first-order chi connectivity index (χ1) is 6.79. The van der Waals surface area contributed by atoms with Crippen molar-refractivity contribution in [1.82, 2.24) is 10.3 Å². The van der Waals surface area contributed by atoms with E-state index < -0.39 is 0 Å². The highest BCUT2D eigenvalue weighted by Gasteiger charge is 2.21. The van der Waals surface area contributed by atoms with Gasteiger partial charge in [-0.15, -0.1) is 11.3 Å². The van der Waals surface area contributed by atoms with E-state index in [9.17, 15) is 4.79 Å². The van der Waals surface area contributed by atoms with Gasteiger partial charge in [0.15, 0.2) is 5.01 Å². The summed E-state index contributed by atoms with van der Waals surface area (Å²) in [7, 11) is 0. The van der Waals surface area contributed by atoms with E-state index in [-0.39, 0.29) is 7.33 Å². The molecule has 1 amide bonds. The maximum atomic E-state index is 11.6. The predicted octanol–water partition coefficient (Wildman–Crippen LogP) is 2.23. The largest absolute Gasteiger partial charge is 0.347 e. The molecule has 1 aliphatic rings. The van der Waals surface area contributed by atoms with E-state index in [1.165, 1.54) is 22.6 Å². The molecule has 2 rings (SSSR count). The molecule has 0 bridgehead atoms. The number of aryl methyl sites for hydroxylation is 1. The Morgan fingerprint density at radius 2 is 2.57 bits per heavy atom. The molecule has 3 nitrogen and oxygen atoms in total. The van der Waals surface area contributed by atoms with Gasteiger partial charge in [-0.2, -0.15) is 0 Å². The first-order valence-corrected chi connectivity index (χ1v) is 5.87. The van der Waals surface area contributed by atoms with Gasteiger partial charge >= 0.3 is 0 Å². The first-order valence-electron chi connectivity index (χ1n) is 5.05. The quantitative estimate of drug-likeness (QED) is 0.835. The Morgan fingerprint density at radius 1 is 1.79 bits per heavy atom. The van der Waals surface area contributed by atoms with Crippen molar-refractivity contribution < 1.29 is 6.22 Å². The summed E-state index contributed by atoms with van der Waals surface area (Å²) in [6.45, 7) is 2.07. The molecule has 1 N–H and O–H groups in total. The fourth-order valence-corrected chi connectivity index (χ4v) is 2.13. The Morgan fingerprint density at radius 3 is 3.07 bits per heavy atom. The van der Waals surface area contributed by atoms with Crippen LogP contribution in [-0.2, 0) is 6.42 Å². The van der Waals surface area contributed by atoms with Crippen LogP contribution in [0.5, 0.6) is 0 Å². The molecule has 14 heavy (non-hydrogen) atoms. The average Bonchev–Trinajstić information content (AvgIpc) is 2.59. The highest BCUT2D eigenvalue weighted by molar-refractivity contribution is 7.13. The molecule has 0 spiro atoms. The standard InChI is InChI=1S/C10H14N2OS.H2/c1-2-8-6-11-10(14-8)9(13)12-7-4-3-5-7;/h6-7H,2-5H2,1H3,(H,12,13);1H. The van der Waals surface area contributed by atoms with Crippen LogP contribution in [0.1, 0.15) is 42.3 Å². The van der Waals surface area contributed by atoms with Gasteiger partial charge in [-0.25, -0.2) is 4.98 Å². The van der Waals surface area contributed by atoms with Gasteiger partial charge in [0, 0.05) is 18.5 Å². The van der Waals surface area contributed by atoms with Gasteiger partial charge in [-0.05, 0) is 25.7 Å². The van der Waals surface area contributed by atoms with Crippen LogP contribution in [0.15, 0.2) is 6.20 Å². The molecule has 0 radical (unpaired) electrons. The second kappa shape index (κ2) is 4.09. The molecule has 1 aromatic heterocycles. The van der Waals surface area contributed by atoms with Gasteiger partial charge in [0.2, 0.25) is 0 Å². The maximum absolute atomic E-state index is 11.6. The highest BCUT2D eigenvalue weighted by Crippen LogP contribution is 2.19. The summed E-state index contributed by atoms with van der Waals surface area (Å²) in [6.07, 6.45) is 6.23. The van der Waals surface area contributed by atoms with Gasteiger partial charge in [-0.1, -0.05) is 6.92 Å². The highest BCUT2D eigenvalue weighted by atomic mass is 32.1. The molecule has 0 unspecified atom stereocenters. The van der Waals surface area contributed by atoms with E-state index in [2.05, 4.69) is 17.2 Å². The number of carbonyl (C=O) groups excluding carboxylic acids is 1. The fraction of sp³-hybridized carbons (Fsp3) is 0.600. The van der Waals surface area contributed by atoms with Crippen LogP contribution >= 0.6 is 11.3 Å². The van der Waals surface area contributed by atoms with Crippen LogP contribution in [0.2, 0.25) is 0 Å². The summed E-state index contributed by atoms with van der Waals surface area (Å²) in [6, 6.07) is 0.400. The minimum Gasteiger partial charge on any atom is -0.347 e. The zero-order chi connectivity index (χ0) is 9.97. The summed E-state index contributed by atoms with van der Waals surface area (Å²) < 4.78 is 0. The molecule has 1 fully saturated rings. The van der Waals surface area contributed by atoms with E-state index >= 15 is 0 Å². The first kappa shape index (κ1) is 9.65. The lowest BCUT2D eigenvalue weighted by atomic mass is 9.93. The smallest absolute Gasteiger partial charge is 0.280 e. The summed E-state index contributed by atoms with van der Waals surface area (Å²) in [5, 5.41) is 3.58. The molecule has 78 valence electrons. The third kappa shape index (κ3) is 1.95. The molecule has 1 saturated carbocycles. The van der Waals surface area contributed by atoms with Crippen molar-refractivity contribution in [3.8, 4) is 0 Å². The Bertz CT molecular complexity index is 336. The second-order valence-electron chi connectivity index (χ2n) is 3.59. The number of thiazole rings is 1. The topological polar surface area (TPSA) is 42.0 Å². The molecule has 1 aromatic rings. The van der Waals surface area contributed by atoms with Crippen molar-refractivity contribution in [2.24, 2.45) is 0 Å². The second-order valence-corrected chi connectivity index (χ2v) is 4.70. The van der Waals surface area contributed by atoms with Crippen molar-refractivity contribution in [2.45, 2.75) is 38.6 Å². The molecule has 4 heteroatoms. The monoisotopic (exact) mass is 212 g/mol. The minimum absolute atomic E-state index is 0. The van der Waals surface area contributed by atoms with Crippen LogP contribution in [0.4, 0.5) is 0 Å². The number of hydrogen-bond acceptors (Lipinski definition) is 3. The summed E-state index contributed by atoms with van der Waals surface area (Å²) in [4.78, 5) is 16.9. The van der Waals surface area contributed by atoms with E-state index in [4.69, 9.17) is 0 Å². The lowest BCUT2D eigenvalue weighted by Gasteiger charge is -2.25. The number of carbonyl (C=O) groups is 1. The van der Waals surface area contributed by atoms with Crippen LogP contribution in [-0.4, -0.2) is 16.9 Å². The lowest BCUT2D eigenvalue weighted by molar-refractivity contribution is 0.0916. The Kier molecular flexibility index (Phi) is 2.82. The van der Waals surface area contributed by atoms with Gasteiger partial charge in [0.05, 0.1) is 0 Å². The molecule has 0 saturated heterocycles. The number of hydrogen-bond donors (Lipinski definition) is 1. The molecule has 1 heterocycles. The molecule has 1 aliphatic carbocycles. The molecular formula is C10H16N2OS. The van der Waals surface area contributed by atoms with Crippen LogP contribution < -0.4 is 5.32 Å². The zero-order valence-electron chi connectivity index (χ0n) is 8.25. The summed E-state index contributed by atoms with van der Waals surface area (Å²) in [5.41, 5.74) is 0. The summed E-state index contributed by atoms with van der Waals surface area (Å²) in [5.74, 6) is -0.000556. The fourth-order valence-electron chi connectivity index (χ4n) is 1.38. The Hall–Kier alpha value is -0.900. The van der Waals surface area contributed by atoms with Gasteiger partial charge in [0.1, 0.15) is 0 Å². The Labute approximate surface area is 89.0 Å². The number of nitrogens with zero attached hydrogens (tertiary/aromatic N) is 1. The molecule has 0 aromatic carbocycles. The Balaban J connectivity index is 0.00000112. The lowest BCUT2D eigenvalue weighted by Crippen LogP contribution is -2.39. The number of amides is 1. The van der Waals surface area contributed by atoms with Crippen LogP contribution in [0, 0.1) is 0 Å². The third-order valence-electron chi connectivity index (χ3n) is 2.54. The van der Waals surface area contributed by atoms with Gasteiger partial charge in [-0.3, -0.25) is 4.79 Å². The number of rotatable bonds is 3. The van der Waals surface area contributed by atoms with Crippen molar-refractivity contribution in [3.05, 3.63) is 16.1 Å². The van der Waals surface area contributed by atoms with Gasteiger partial charge < -0.3 is 5.32 Å². The van der Waals surface area contributed by atoms with E-state index in [0.29, 0.717) is 11.0 Å². The van der Waals surface area contributed by atoms with Crippen LogP contribution in [0.3, 0.4) is 0 Å². The normalized spacial score (nSPS) is 16.4. The van der Waals surface area contributed by atoms with E-state index in [1.54, 1.807) is 6.20 Å². The minimum atomic E-state index is -0.000556. The number of aromatic nitrogens is 1. The van der Waals surface area contributed by atoms with Gasteiger partial charge in [0.25, 0.3) is 5.91 Å². The molecule has 0 atom stereocenters. The molecular weight excluding hydrogens is 196 g/mol.